The van der Waals surface area contributed by atoms with Gasteiger partial charge in [-0.15, -0.1) is 0 Å². The first-order valence-electron chi connectivity index (χ1n) is 14.2. The molecule has 4 rings (SSSR count). The standard InChI is InChI=1S/C30H54O/c1-19(2)22(5)23(18-31)17-21(4)26-12-13-27-24-10-11-25-20(3)9-8-15-29(25,6)28(24)14-16-30(26,27)7/h19-28,31H,8-18H2,1-7H3/t20-,21-,22+,23-,24+,25+,26-,27+,28+,29+,30-/m1/s1. The van der Waals surface area contributed by atoms with E-state index < -0.39 is 0 Å². The first kappa shape index (κ1) is 24.1. The molecule has 4 fully saturated rings. The zero-order valence-corrected chi connectivity index (χ0v) is 22.0. The molecule has 0 radical (unpaired) electrons. The fraction of sp³-hybridized carbons (Fsp3) is 1.00. The maximum Gasteiger partial charge on any atom is 0.0462 e. The molecule has 0 saturated heterocycles. The third-order valence-corrected chi connectivity index (χ3v) is 12.5. The zero-order valence-electron chi connectivity index (χ0n) is 22.0. The van der Waals surface area contributed by atoms with Crippen molar-refractivity contribution in [3.8, 4) is 0 Å². The molecular weight excluding hydrogens is 376 g/mol. The Morgan fingerprint density at radius 3 is 2.16 bits per heavy atom. The molecule has 1 nitrogen and oxygen atoms in total. The van der Waals surface area contributed by atoms with Crippen LogP contribution < -0.4 is 0 Å². The molecule has 0 amide bonds. The van der Waals surface area contributed by atoms with Gasteiger partial charge in [-0.2, -0.15) is 0 Å². The summed E-state index contributed by atoms with van der Waals surface area (Å²) in [5.74, 6) is 8.36. The molecule has 1 heteroatoms. The Kier molecular flexibility index (Phi) is 6.96. The molecule has 0 heterocycles. The average Bonchev–Trinajstić information content (AvgIpc) is 3.08. The van der Waals surface area contributed by atoms with Crippen LogP contribution in [0.4, 0.5) is 0 Å². The highest BCUT2D eigenvalue weighted by atomic mass is 16.3. The van der Waals surface area contributed by atoms with Crippen molar-refractivity contribution < 1.29 is 5.11 Å². The van der Waals surface area contributed by atoms with E-state index >= 15 is 0 Å². The summed E-state index contributed by atoms with van der Waals surface area (Å²) in [6.45, 7) is 17.9. The monoisotopic (exact) mass is 430 g/mol. The van der Waals surface area contributed by atoms with E-state index in [0.29, 0.717) is 35.2 Å². The van der Waals surface area contributed by atoms with E-state index in [9.17, 15) is 5.11 Å². The van der Waals surface area contributed by atoms with E-state index in [2.05, 4.69) is 48.5 Å². The van der Waals surface area contributed by atoms with Crippen LogP contribution in [0.5, 0.6) is 0 Å². The lowest BCUT2D eigenvalue weighted by Crippen LogP contribution is -2.54. The second-order valence-corrected chi connectivity index (χ2v) is 13.9. The molecule has 0 aromatic rings. The predicted molar refractivity (Wildman–Crippen MR) is 133 cm³/mol. The van der Waals surface area contributed by atoms with Gasteiger partial charge in [0, 0.05) is 6.61 Å². The highest BCUT2D eigenvalue weighted by Gasteiger charge is 2.60. The molecule has 11 atom stereocenters. The minimum absolute atomic E-state index is 0.374. The van der Waals surface area contributed by atoms with Gasteiger partial charge in [-0.1, -0.05) is 61.3 Å². The Bertz CT molecular complexity index is 612. The summed E-state index contributed by atoms with van der Waals surface area (Å²) in [6, 6.07) is 0. The van der Waals surface area contributed by atoms with E-state index in [1.807, 2.05) is 0 Å². The minimum atomic E-state index is 0.374. The first-order valence-corrected chi connectivity index (χ1v) is 14.2. The van der Waals surface area contributed by atoms with Crippen molar-refractivity contribution in [2.75, 3.05) is 6.61 Å². The number of hydrogen-bond acceptors (Lipinski definition) is 1. The summed E-state index contributed by atoms with van der Waals surface area (Å²) in [6.07, 6.45) is 14.7. The third kappa shape index (κ3) is 3.95. The largest absolute Gasteiger partial charge is 0.396 e. The molecule has 180 valence electrons. The van der Waals surface area contributed by atoms with Crippen molar-refractivity contribution in [2.24, 2.45) is 70.0 Å². The van der Waals surface area contributed by atoms with Crippen LogP contribution in [0.1, 0.15) is 113 Å². The van der Waals surface area contributed by atoms with Crippen LogP contribution in [0.15, 0.2) is 0 Å². The molecule has 0 aliphatic heterocycles. The number of fused-ring (bicyclic) bond motifs is 5. The topological polar surface area (TPSA) is 20.2 Å². The highest BCUT2D eigenvalue weighted by Crippen LogP contribution is 2.69. The lowest BCUT2D eigenvalue weighted by Gasteiger charge is -2.62. The number of hydrogen-bond donors (Lipinski definition) is 1. The Morgan fingerprint density at radius 2 is 1.48 bits per heavy atom. The fourth-order valence-electron chi connectivity index (χ4n) is 10.4. The summed E-state index contributed by atoms with van der Waals surface area (Å²) in [4.78, 5) is 0. The lowest BCUT2D eigenvalue weighted by molar-refractivity contribution is -0.127. The van der Waals surface area contributed by atoms with Crippen LogP contribution in [0.2, 0.25) is 0 Å². The predicted octanol–water partition coefficient (Wildman–Crippen LogP) is 8.21. The van der Waals surface area contributed by atoms with Crippen LogP contribution in [0, 0.1) is 70.0 Å². The second-order valence-electron chi connectivity index (χ2n) is 13.9. The van der Waals surface area contributed by atoms with Crippen molar-refractivity contribution >= 4 is 0 Å². The third-order valence-electron chi connectivity index (χ3n) is 12.5. The molecular formula is C30H54O. The van der Waals surface area contributed by atoms with Crippen molar-refractivity contribution in [1.82, 2.24) is 0 Å². The van der Waals surface area contributed by atoms with Gasteiger partial charge in [0.25, 0.3) is 0 Å². The van der Waals surface area contributed by atoms with E-state index in [0.717, 1.165) is 41.4 Å². The van der Waals surface area contributed by atoms with Crippen LogP contribution in [-0.4, -0.2) is 11.7 Å². The van der Waals surface area contributed by atoms with Crippen molar-refractivity contribution in [3.05, 3.63) is 0 Å². The van der Waals surface area contributed by atoms with Crippen molar-refractivity contribution in [1.29, 1.82) is 0 Å². The summed E-state index contributed by atoms with van der Waals surface area (Å²) in [5.41, 5.74) is 1.20. The van der Waals surface area contributed by atoms with Crippen LogP contribution in [-0.2, 0) is 0 Å². The van der Waals surface area contributed by atoms with Crippen LogP contribution in [0.25, 0.3) is 0 Å². The van der Waals surface area contributed by atoms with Crippen LogP contribution in [0.3, 0.4) is 0 Å². The molecule has 0 aromatic carbocycles. The van der Waals surface area contributed by atoms with Gasteiger partial charge in [-0.3, -0.25) is 0 Å². The molecule has 31 heavy (non-hydrogen) atoms. The SMILES string of the molecule is CC(C)[C@H](C)[C@@H](CO)C[C@@H](C)[C@H]1CC[C@H]2[C@@H]3CC[C@H]4[C@H](C)CCC[C@]4(C)[C@H]3CC[C@]12C. The molecule has 0 bridgehead atoms. The highest BCUT2D eigenvalue weighted by molar-refractivity contribution is 5.10. The normalized spacial score (nSPS) is 47.9. The summed E-state index contributed by atoms with van der Waals surface area (Å²) < 4.78 is 0. The Balaban J connectivity index is 1.49. The van der Waals surface area contributed by atoms with Gasteiger partial charge >= 0.3 is 0 Å². The first-order chi connectivity index (χ1) is 14.6. The number of aliphatic hydroxyl groups is 1. The smallest absolute Gasteiger partial charge is 0.0462 e. The second kappa shape index (κ2) is 8.96. The van der Waals surface area contributed by atoms with Crippen molar-refractivity contribution in [2.45, 2.75) is 113 Å². The summed E-state index contributed by atoms with van der Waals surface area (Å²) in [7, 11) is 0. The minimum Gasteiger partial charge on any atom is -0.396 e. The molecule has 0 spiro atoms. The van der Waals surface area contributed by atoms with Gasteiger partial charge in [0.1, 0.15) is 0 Å². The molecule has 4 aliphatic rings. The average molecular weight is 431 g/mol. The van der Waals surface area contributed by atoms with Gasteiger partial charge in [-0.25, -0.2) is 0 Å². The molecule has 4 saturated carbocycles. The van der Waals surface area contributed by atoms with Crippen LogP contribution >= 0.6 is 0 Å². The maximum absolute atomic E-state index is 10.1. The quantitative estimate of drug-likeness (QED) is 0.450. The van der Waals surface area contributed by atoms with E-state index in [1.54, 1.807) is 0 Å². The number of rotatable bonds is 6. The van der Waals surface area contributed by atoms with Gasteiger partial charge < -0.3 is 5.11 Å². The summed E-state index contributed by atoms with van der Waals surface area (Å²) >= 11 is 0. The Hall–Kier alpha value is -0.0400. The van der Waals surface area contributed by atoms with E-state index in [-0.39, 0.29) is 0 Å². The summed E-state index contributed by atoms with van der Waals surface area (Å²) in [5, 5.41) is 10.1. The van der Waals surface area contributed by atoms with E-state index in [1.165, 1.54) is 64.2 Å². The molecule has 4 aliphatic carbocycles. The lowest BCUT2D eigenvalue weighted by atomic mass is 9.43. The molecule has 0 unspecified atom stereocenters. The van der Waals surface area contributed by atoms with E-state index in [4.69, 9.17) is 0 Å². The number of aliphatic hydroxyl groups excluding tert-OH is 1. The zero-order chi connectivity index (χ0) is 22.6. The maximum atomic E-state index is 10.1. The Morgan fingerprint density at radius 1 is 0.806 bits per heavy atom. The van der Waals surface area contributed by atoms with Crippen molar-refractivity contribution in [3.63, 3.8) is 0 Å². The van der Waals surface area contributed by atoms with Gasteiger partial charge in [0.15, 0.2) is 0 Å². The van der Waals surface area contributed by atoms with Gasteiger partial charge in [0.05, 0.1) is 0 Å². The van der Waals surface area contributed by atoms with Gasteiger partial charge in [-0.05, 0) is 121 Å². The van der Waals surface area contributed by atoms with Gasteiger partial charge in [0.2, 0.25) is 0 Å². The molecule has 1 N–H and O–H groups in total. The fourth-order valence-corrected chi connectivity index (χ4v) is 10.4. The molecule has 0 aromatic heterocycles. The Labute approximate surface area is 194 Å².